The molecule has 25 heavy (non-hydrogen) atoms. The van der Waals surface area contributed by atoms with Crippen molar-refractivity contribution < 1.29 is 18.0 Å². The lowest BCUT2D eigenvalue weighted by atomic mass is 10.1. The zero-order valence-corrected chi connectivity index (χ0v) is 14.0. The number of pyridine rings is 1. The maximum atomic E-state index is 12.8. The van der Waals surface area contributed by atoms with Crippen LogP contribution in [0.3, 0.4) is 0 Å². The van der Waals surface area contributed by atoms with Crippen molar-refractivity contribution in [3.8, 4) is 11.3 Å². The molecule has 2 rings (SSSR count). The van der Waals surface area contributed by atoms with Gasteiger partial charge in [-0.15, -0.1) is 0 Å². The van der Waals surface area contributed by atoms with E-state index in [9.17, 15) is 18.0 Å². The van der Waals surface area contributed by atoms with Crippen LogP contribution in [0.25, 0.3) is 11.3 Å². The summed E-state index contributed by atoms with van der Waals surface area (Å²) >= 11 is 0. The highest BCUT2D eigenvalue weighted by Gasteiger charge is 2.34. The summed E-state index contributed by atoms with van der Waals surface area (Å²) < 4.78 is 39.4. The van der Waals surface area contributed by atoms with Crippen molar-refractivity contribution in [3.63, 3.8) is 0 Å². The fraction of sp³-hybridized carbons (Fsp3) is 0.438. The Morgan fingerprint density at radius 1 is 1.32 bits per heavy atom. The fourth-order valence-electron chi connectivity index (χ4n) is 2.36. The summed E-state index contributed by atoms with van der Waals surface area (Å²) in [4.78, 5) is 15.8. The number of nitrogen functional groups attached to an aromatic ring is 1. The summed E-state index contributed by atoms with van der Waals surface area (Å²) in [6, 6.07) is 3.93. The second-order valence-electron chi connectivity index (χ2n) is 5.67. The summed E-state index contributed by atoms with van der Waals surface area (Å²) in [6.07, 6.45) is -1.40. The number of halogens is 3. The smallest absolute Gasteiger partial charge is 0.383 e. The molecule has 0 spiro atoms. The zero-order chi connectivity index (χ0) is 18.6. The number of anilines is 2. The molecule has 0 saturated heterocycles. The summed E-state index contributed by atoms with van der Waals surface area (Å²) in [6.45, 7) is 2.04. The second-order valence-corrected chi connectivity index (χ2v) is 5.67. The highest BCUT2D eigenvalue weighted by Crippen LogP contribution is 2.33. The molecule has 0 aliphatic rings. The Kier molecular flexibility index (Phi) is 5.66. The van der Waals surface area contributed by atoms with E-state index in [1.165, 1.54) is 19.2 Å². The van der Waals surface area contributed by atoms with Crippen LogP contribution in [0.1, 0.15) is 38.3 Å². The third-order valence-corrected chi connectivity index (χ3v) is 3.65. The Hall–Kier alpha value is -2.58. The number of carbonyl (C=O) groups is 1. The van der Waals surface area contributed by atoms with Crippen molar-refractivity contribution in [1.82, 2.24) is 14.8 Å². The molecule has 1 amide bonds. The average molecular weight is 355 g/mol. The Labute approximate surface area is 143 Å². The highest BCUT2D eigenvalue weighted by molar-refractivity contribution is 5.90. The molecule has 0 aliphatic heterocycles. The van der Waals surface area contributed by atoms with Gasteiger partial charge in [0.15, 0.2) is 5.69 Å². The summed E-state index contributed by atoms with van der Waals surface area (Å²) in [7, 11) is 1.40. The van der Waals surface area contributed by atoms with Gasteiger partial charge in [0, 0.05) is 19.0 Å². The van der Waals surface area contributed by atoms with E-state index in [0.29, 0.717) is 12.0 Å². The fourth-order valence-corrected chi connectivity index (χ4v) is 2.36. The number of nitrogens with zero attached hydrogens (tertiary/aromatic N) is 3. The molecular formula is C16H20F3N5O. The molecule has 136 valence electrons. The standard InChI is InChI=1S/C16H20F3N5O/c1-3-4-5-6-14(25)21-13-8-7-10(15(20)22-13)11-9-12(16(17,18)19)23-24(11)2/h7-9H,3-6H2,1-2H3,(H3,20,21,22,25). The van der Waals surface area contributed by atoms with Crippen molar-refractivity contribution in [1.29, 1.82) is 0 Å². The van der Waals surface area contributed by atoms with Gasteiger partial charge < -0.3 is 11.1 Å². The Bertz CT molecular complexity index is 755. The summed E-state index contributed by atoms with van der Waals surface area (Å²) in [5, 5.41) is 6.08. The predicted molar refractivity (Wildman–Crippen MR) is 88.6 cm³/mol. The first kappa shape index (κ1) is 18.8. The van der Waals surface area contributed by atoms with Gasteiger partial charge in [-0.1, -0.05) is 19.8 Å². The van der Waals surface area contributed by atoms with Gasteiger partial charge in [0.2, 0.25) is 5.91 Å². The zero-order valence-electron chi connectivity index (χ0n) is 14.0. The predicted octanol–water partition coefficient (Wildman–Crippen LogP) is 3.60. The Morgan fingerprint density at radius 2 is 2.04 bits per heavy atom. The van der Waals surface area contributed by atoms with Crippen LogP contribution < -0.4 is 11.1 Å². The molecule has 6 nitrogen and oxygen atoms in total. The minimum absolute atomic E-state index is 0.0167. The monoisotopic (exact) mass is 355 g/mol. The van der Waals surface area contributed by atoms with Crippen molar-refractivity contribution in [2.45, 2.75) is 38.8 Å². The number of hydrogen-bond acceptors (Lipinski definition) is 4. The van der Waals surface area contributed by atoms with Crippen molar-refractivity contribution in [2.24, 2.45) is 7.05 Å². The van der Waals surface area contributed by atoms with E-state index in [4.69, 9.17) is 5.73 Å². The molecule has 0 fully saturated rings. The molecule has 0 radical (unpaired) electrons. The maximum Gasteiger partial charge on any atom is 0.435 e. The molecule has 2 heterocycles. The van der Waals surface area contributed by atoms with Crippen molar-refractivity contribution >= 4 is 17.5 Å². The third kappa shape index (κ3) is 4.71. The number of amides is 1. The molecule has 0 bridgehead atoms. The normalized spacial score (nSPS) is 11.6. The third-order valence-electron chi connectivity index (χ3n) is 3.65. The molecule has 0 saturated carbocycles. The van der Waals surface area contributed by atoms with Crippen LogP contribution in [0.2, 0.25) is 0 Å². The lowest BCUT2D eigenvalue weighted by molar-refractivity contribution is -0.141. The number of hydrogen-bond donors (Lipinski definition) is 2. The topological polar surface area (TPSA) is 85.8 Å². The van der Waals surface area contributed by atoms with Gasteiger partial charge in [-0.05, 0) is 24.6 Å². The largest absolute Gasteiger partial charge is 0.435 e. The van der Waals surface area contributed by atoms with Crippen LogP contribution in [0.5, 0.6) is 0 Å². The van der Waals surface area contributed by atoms with Gasteiger partial charge in [-0.25, -0.2) is 4.98 Å². The minimum atomic E-state index is -4.54. The molecule has 2 aromatic heterocycles. The first-order valence-corrected chi connectivity index (χ1v) is 7.90. The van der Waals surface area contributed by atoms with E-state index >= 15 is 0 Å². The van der Waals surface area contributed by atoms with Gasteiger partial charge in [0.1, 0.15) is 11.6 Å². The number of unbranched alkanes of at least 4 members (excludes halogenated alkanes) is 2. The molecule has 9 heteroatoms. The van der Waals surface area contributed by atoms with Gasteiger partial charge in [0.25, 0.3) is 0 Å². The first-order valence-electron chi connectivity index (χ1n) is 7.90. The van der Waals surface area contributed by atoms with E-state index < -0.39 is 11.9 Å². The molecule has 2 aromatic rings. The lowest BCUT2D eigenvalue weighted by Gasteiger charge is -2.09. The molecule has 0 unspecified atom stereocenters. The molecule has 3 N–H and O–H groups in total. The quantitative estimate of drug-likeness (QED) is 0.775. The van der Waals surface area contributed by atoms with E-state index in [0.717, 1.165) is 30.0 Å². The number of alkyl halides is 3. The van der Waals surface area contributed by atoms with Gasteiger partial charge in [-0.3, -0.25) is 9.48 Å². The summed E-state index contributed by atoms with van der Waals surface area (Å²) in [5.74, 6) is 0.108. The van der Waals surface area contributed by atoms with Crippen LogP contribution in [0.15, 0.2) is 18.2 Å². The van der Waals surface area contributed by atoms with Crippen LogP contribution in [-0.2, 0) is 18.0 Å². The van der Waals surface area contributed by atoms with E-state index in [1.807, 2.05) is 6.92 Å². The van der Waals surface area contributed by atoms with E-state index in [-0.39, 0.29) is 23.2 Å². The van der Waals surface area contributed by atoms with Crippen LogP contribution >= 0.6 is 0 Å². The second kappa shape index (κ2) is 7.54. The SMILES string of the molecule is CCCCCC(=O)Nc1ccc(-c2cc(C(F)(F)F)nn2C)c(N)n1. The van der Waals surface area contributed by atoms with Crippen LogP contribution in [0.4, 0.5) is 24.8 Å². The molecular weight excluding hydrogens is 335 g/mol. The van der Waals surface area contributed by atoms with Crippen LogP contribution in [0, 0.1) is 0 Å². The van der Waals surface area contributed by atoms with Crippen molar-refractivity contribution in [2.75, 3.05) is 11.1 Å². The number of nitrogens with two attached hydrogens (primary N) is 1. The number of nitrogens with one attached hydrogen (secondary N) is 1. The van der Waals surface area contributed by atoms with Crippen molar-refractivity contribution in [3.05, 3.63) is 23.9 Å². The Morgan fingerprint density at radius 3 is 2.60 bits per heavy atom. The number of rotatable bonds is 6. The number of carbonyl (C=O) groups excluding carboxylic acids is 1. The minimum Gasteiger partial charge on any atom is -0.383 e. The Balaban J connectivity index is 2.17. The van der Waals surface area contributed by atoms with Gasteiger partial charge in [0.05, 0.1) is 5.69 Å². The van der Waals surface area contributed by atoms with Gasteiger partial charge in [-0.2, -0.15) is 18.3 Å². The lowest BCUT2D eigenvalue weighted by Crippen LogP contribution is -2.13. The van der Waals surface area contributed by atoms with E-state index in [2.05, 4.69) is 15.4 Å². The number of aryl methyl sites for hydroxylation is 1. The van der Waals surface area contributed by atoms with Crippen LogP contribution in [-0.4, -0.2) is 20.7 Å². The van der Waals surface area contributed by atoms with Gasteiger partial charge >= 0.3 is 6.18 Å². The first-order chi connectivity index (χ1) is 11.7. The summed E-state index contributed by atoms with van der Waals surface area (Å²) in [5.41, 5.74) is 5.36. The average Bonchev–Trinajstić information content (AvgIpc) is 2.90. The van der Waals surface area contributed by atoms with E-state index in [1.54, 1.807) is 0 Å². The molecule has 0 aromatic carbocycles. The highest BCUT2D eigenvalue weighted by atomic mass is 19.4. The number of aromatic nitrogens is 3. The molecule has 0 atom stereocenters. The molecule has 0 aliphatic carbocycles. The maximum absolute atomic E-state index is 12.8.